The van der Waals surface area contributed by atoms with Gasteiger partial charge >= 0.3 is 6.09 Å². The van der Waals surface area contributed by atoms with Crippen molar-refractivity contribution in [2.24, 2.45) is 17.8 Å². The third kappa shape index (κ3) is 9.14. The van der Waals surface area contributed by atoms with Crippen molar-refractivity contribution in [1.29, 1.82) is 0 Å². The summed E-state index contributed by atoms with van der Waals surface area (Å²) in [4.78, 5) is 23.4. The normalized spacial score (nSPS) is 23.9. The quantitative estimate of drug-likeness (QED) is 0.231. The molecule has 12 nitrogen and oxygen atoms in total. The lowest BCUT2D eigenvalue weighted by atomic mass is 9.58. The van der Waals surface area contributed by atoms with Gasteiger partial charge < -0.3 is 24.4 Å². The number of likely N-dealkylation sites (tertiary alicyclic amines) is 2. The number of alkyl carbamates (subject to hydrolysis) is 1. The van der Waals surface area contributed by atoms with Crippen LogP contribution in [0.3, 0.4) is 0 Å². The van der Waals surface area contributed by atoms with Crippen LogP contribution in [0.5, 0.6) is 0 Å². The zero-order chi connectivity index (χ0) is 41.2. The second-order valence-corrected chi connectivity index (χ2v) is 21.0. The molecule has 4 fully saturated rings. The van der Waals surface area contributed by atoms with Gasteiger partial charge in [0.25, 0.3) is 0 Å². The van der Waals surface area contributed by atoms with Gasteiger partial charge in [0.05, 0.1) is 22.9 Å². The zero-order valence-electron chi connectivity index (χ0n) is 33.6. The number of carbonyl (C=O) groups is 1. The Bertz CT molecular complexity index is 2190. The molecule has 7 rings (SSSR count). The molecule has 3 aromatic rings. The Balaban J connectivity index is 0.997. The van der Waals surface area contributed by atoms with E-state index in [4.69, 9.17) is 4.74 Å². The number of piperidine rings is 1. The second kappa shape index (κ2) is 17.4. The van der Waals surface area contributed by atoms with Crippen molar-refractivity contribution in [3.63, 3.8) is 0 Å². The first-order valence-corrected chi connectivity index (χ1v) is 23.8. The van der Waals surface area contributed by atoms with Crippen molar-refractivity contribution in [2.45, 2.75) is 73.6 Å². The lowest BCUT2D eigenvalue weighted by Gasteiger charge is -2.51. The number of amides is 1. The summed E-state index contributed by atoms with van der Waals surface area (Å²) in [6.07, 6.45) is 10.8. The molecule has 4 aliphatic rings. The largest absolute Gasteiger partial charge is 0.453 e. The number of carbonyl (C=O) groups excluding carboxylic acids is 1. The molecule has 1 amide bonds. The lowest BCUT2D eigenvalue weighted by Crippen LogP contribution is -2.56. The first kappa shape index (κ1) is 42.3. The number of nitrogens with one attached hydrogen (secondary N) is 1. The van der Waals surface area contributed by atoms with Crippen molar-refractivity contribution >= 4 is 31.5 Å². The van der Waals surface area contributed by atoms with Crippen molar-refractivity contribution in [3.8, 4) is 0 Å². The highest BCUT2D eigenvalue weighted by molar-refractivity contribution is 7.93. The van der Waals surface area contributed by atoms with Gasteiger partial charge in [-0.05, 0) is 106 Å². The molecule has 1 aliphatic carbocycles. The van der Waals surface area contributed by atoms with Crippen molar-refractivity contribution < 1.29 is 35.1 Å². The van der Waals surface area contributed by atoms with E-state index in [1.165, 1.54) is 25.3 Å². The van der Waals surface area contributed by atoms with Gasteiger partial charge in [0, 0.05) is 80.7 Å². The number of ether oxygens (including phenoxy) is 1. The van der Waals surface area contributed by atoms with Crippen molar-refractivity contribution in [1.82, 2.24) is 24.7 Å². The van der Waals surface area contributed by atoms with Crippen LogP contribution in [-0.4, -0.2) is 119 Å². The molecule has 3 saturated heterocycles. The summed E-state index contributed by atoms with van der Waals surface area (Å²) in [6.45, 7) is 7.61. The van der Waals surface area contributed by atoms with Crippen LogP contribution in [-0.2, 0) is 36.4 Å². The van der Waals surface area contributed by atoms with E-state index >= 15 is 8.78 Å². The van der Waals surface area contributed by atoms with Crippen LogP contribution in [0.25, 0.3) is 0 Å². The van der Waals surface area contributed by atoms with Crippen LogP contribution in [0.4, 0.5) is 19.3 Å². The summed E-state index contributed by atoms with van der Waals surface area (Å²) in [7, 11) is -5.65. The van der Waals surface area contributed by atoms with E-state index in [1.54, 1.807) is 24.4 Å². The number of rotatable bonds is 14. The van der Waals surface area contributed by atoms with E-state index in [-0.39, 0.29) is 35.1 Å². The fourth-order valence-corrected chi connectivity index (χ4v) is 12.4. The summed E-state index contributed by atoms with van der Waals surface area (Å²) in [5.41, 5.74) is 0.859. The van der Waals surface area contributed by atoms with Gasteiger partial charge in [0.1, 0.15) is 17.5 Å². The fraction of sp³-hybridized carbons (Fsp3) is 0.571. The van der Waals surface area contributed by atoms with E-state index in [0.29, 0.717) is 50.7 Å². The highest BCUT2D eigenvalue weighted by Gasteiger charge is 2.52. The van der Waals surface area contributed by atoms with E-state index in [2.05, 4.69) is 19.8 Å². The first-order valence-electron chi connectivity index (χ1n) is 20.3. The molecule has 1 saturated carbocycles. The molecule has 1 aromatic heterocycles. The summed E-state index contributed by atoms with van der Waals surface area (Å²) in [6, 6.07) is 11.1. The third-order valence-electron chi connectivity index (χ3n) is 13.1. The topological polar surface area (TPSA) is 134 Å². The van der Waals surface area contributed by atoms with Crippen molar-refractivity contribution in [3.05, 3.63) is 89.4 Å². The summed E-state index contributed by atoms with van der Waals surface area (Å²) in [5.74, 6) is 0.619. The van der Waals surface area contributed by atoms with Gasteiger partial charge in [0.2, 0.25) is 0 Å². The van der Waals surface area contributed by atoms with Gasteiger partial charge in [-0.1, -0.05) is 24.6 Å². The Morgan fingerprint density at radius 3 is 2.41 bits per heavy atom. The molecule has 0 unspecified atom stereocenters. The SMILES string of the molecule is COC(=O)N[C@H]1CCC[C@@H]1[C@](Cn1ccnc1C)(c1cccc(F)c1)C1CCN(CC2CN(c3ccc(S(=O)(=O)[C@H]4CCN(C/C=C/S(C)(=O)=O)C4)cc3F)C2)CC1. The fourth-order valence-electron chi connectivity index (χ4n) is 10.3. The van der Waals surface area contributed by atoms with E-state index in [1.807, 2.05) is 29.0 Å². The molecule has 0 bridgehead atoms. The molecule has 4 atom stereocenters. The monoisotopic (exact) mass is 842 g/mol. The van der Waals surface area contributed by atoms with Gasteiger partial charge in [-0.25, -0.2) is 35.4 Å². The molecule has 58 heavy (non-hydrogen) atoms. The van der Waals surface area contributed by atoms with Crippen LogP contribution in [0.1, 0.15) is 49.9 Å². The predicted molar refractivity (Wildman–Crippen MR) is 219 cm³/mol. The van der Waals surface area contributed by atoms with E-state index in [0.717, 1.165) is 80.9 Å². The minimum atomic E-state index is -3.77. The van der Waals surface area contributed by atoms with Crippen LogP contribution in [0, 0.1) is 36.3 Å². The molecule has 0 spiro atoms. The van der Waals surface area contributed by atoms with Crippen LogP contribution in [0.15, 0.2) is 71.2 Å². The number of hydrogen-bond acceptors (Lipinski definition) is 10. The Morgan fingerprint density at radius 2 is 1.74 bits per heavy atom. The van der Waals surface area contributed by atoms with Crippen LogP contribution in [0.2, 0.25) is 0 Å². The Labute approximate surface area is 341 Å². The number of halogens is 2. The van der Waals surface area contributed by atoms with Crippen LogP contribution >= 0.6 is 0 Å². The second-order valence-electron chi connectivity index (χ2n) is 16.8. The van der Waals surface area contributed by atoms with Crippen molar-refractivity contribution in [2.75, 3.05) is 70.6 Å². The number of imidazole rings is 1. The molecule has 0 radical (unpaired) electrons. The Morgan fingerprint density at radius 1 is 0.983 bits per heavy atom. The number of aryl methyl sites for hydroxylation is 1. The summed E-state index contributed by atoms with van der Waals surface area (Å²) in [5, 5.41) is 3.57. The predicted octanol–water partition coefficient (Wildman–Crippen LogP) is 5.19. The maximum absolute atomic E-state index is 15.6. The Kier molecular flexibility index (Phi) is 12.7. The van der Waals surface area contributed by atoms with Crippen LogP contribution < -0.4 is 10.2 Å². The third-order valence-corrected chi connectivity index (χ3v) is 16.0. The summed E-state index contributed by atoms with van der Waals surface area (Å²) >= 11 is 0. The maximum atomic E-state index is 15.6. The number of benzene rings is 2. The number of aromatic nitrogens is 2. The number of sulfone groups is 2. The minimum Gasteiger partial charge on any atom is -0.453 e. The smallest absolute Gasteiger partial charge is 0.407 e. The number of hydrogen-bond donors (Lipinski definition) is 1. The average Bonchev–Trinajstić information content (AvgIpc) is 3.94. The highest BCUT2D eigenvalue weighted by atomic mass is 32.2. The first-order chi connectivity index (χ1) is 27.7. The molecule has 316 valence electrons. The molecule has 2 aromatic carbocycles. The van der Waals surface area contributed by atoms with Gasteiger partial charge in [-0.2, -0.15) is 0 Å². The molecule has 1 N–H and O–H groups in total. The number of nitrogens with zero attached hydrogens (tertiary/aromatic N) is 5. The van der Waals surface area contributed by atoms with E-state index < -0.39 is 42.2 Å². The average molecular weight is 843 g/mol. The Hall–Kier alpha value is -3.86. The minimum absolute atomic E-state index is 0.0326. The lowest BCUT2D eigenvalue weighted by molar-refractivity contribution is 0.0542. The number of anilines is 1. The van der Waals surface area contributed by atoms with Gasteiger partial charge in [-0.15, -0.1) is 0 Å². The molecule has 16 heteroatoms. The van der Waals surface area contributed by atoms with Gasteiger partial charge in [0.15, 0.2) is 19.7 Å². The highest BCUT2D eigenvalue weighted by Crippen LogP contribution is 2.52. The molecule has 3 aliphatic heterocycles. The number of methoxy groups -OCH3 is 1. The zero-order valence-corrected chi connectivity index (χ0v) is 35.2. The summed E-state index contributed by atoms with van der Waals surface area (Å²) < 4.78 is 87.6. The standard InChI is InChI=1S/C42H56F2N6O6S2/c1-30-45-16-21-49(30)29-42(33-7-4-8-34(43)23-33,37-9-5-10-39(37)46-41(51)56-2)32-13-18-48(19-14-32)25-31-26-50(27-31)40-12-11-35(24-38(40)44)58(54,55)36-15-20-47(28-36)17-6-22-57(3,52)53/h4,6-8,11-12,16,21-24,31-32,36-37,39H,5,9-10,13-15,17-20,25-29H2,1-3H3,(H,46,51)/b22-6+/t36-,37-,39-,42-/m0/s1. The molecular weight excluding hydrogens is 787 g/mol. The van der Waals surface area contributed by atoms with Gasteiger partial charge in [-0.3, -0.25) is 4.90 Å². The van der Waals surface area contributed by atoms with E-state index in [9.17, 15) is 21.6 Å². The molecular formula is C42H56F2N6O6S2. The maximum Gasteiger partial charge on any atom is 0.407 e. The molecule has 4 heterocycles.